The first-order valence-corrected chi connectivity index (χ1v) is 16.3. The maximum Gasteiger partial charge on any atom is 0.163 e. The van der Waals surface area contributed by atoms with Crippen molar-refractivity contribution in [2.75, 3.05) is 0 Å². The zero-order valence-electron chi connectivity index (χ0n) is 25.5. The average Bonchev–Trinajstić information content (AvgIpc) is 2.83. The van der Waals surface area contributed by atoms with Gasteiger partial charge in [-0.1, -0.05) is 58.2 Å². The van der Waals surface area contributed by atoms with Gasteiger partial charge in [-0.05, 0) is 124 Å². The van der Waals surface area contributed by atoms with Gasteiger partial charge < -0.3 is 0 Å². The van der Waals surface area contributed by atoms with Crippen LogP contribution in [0.5, 0.6) is 0 Å². The molecule has 1 aromatic rings. The van der Waals surface area contributed by atoms with Crippen molar-refractivity contribution in [2.45, 2.75) is 131 Å². The molecule has 6 rings (SSSR count). The first-order chi connectivity index (χ1) is 18.7. The van der Waals surface area contributed by atoms with Gasteiger partial charge in [0.05, 0.1) is 6.42 Å². The van der Waals surface area contributed by atoms with E-state index in [1.807, 2.05) is 26.0 Å². The summed E-state index contributed by atoms with van der Waals surface area (Å²) in [5.41, 5.74) is 3.99. The molecule has 39 heavy (non-hydrogen) atoms. The Kier molecular flexibility index (Phi) is 10.3. The standard InChI is InChI=1S/C23H32O3.C13H22/c1-5-8-18(20(6-2)21(25)11-16(4)24)12-17-13-19-10-7-9-15(3)23(19)22(26)14-17;1-2-3-13-7-10-4-11(8-13)6-12(5-10)9-13/h7,9-10,17-18,20H,5-6,8,11-14H2,1-4H3;10-12H,2-9H2,1H3. The monoisotopic (exact) mass is 534 g/mol. The van der Waals surface area contributed by atoms with Gasteiger partial charge in [0.2, 0.25) is 0 Å². The van der Waals surface area contributed by atoms with Gasteiger partial charge in [-0.2, -0.15) is 0 Å². The Bertz CT molecular complexity index is 985. The van der Waals surface area contributed by atoms with Crippen LogP contribution in [-0.2, 0) is 16.0 Å². The third-order valence-electron chi connectivity index (χ3n) is 10.7. The Morgan fingerprint density at radius 3 is 2.13 bits per heavy atom. The van der Waals surface area contributed by atoms with Gasteiger partial charge in [0.25, 0.3) is 0 Å². The molecule has 216 valence electrons. The molecule has 0 radical (unpaired) electrons. The van der Waals surface area contributed by atoms with Gasteiger partial charge in [0.15, 0.2) is 5.78 Å². The largest absolute Gasteiger partial charge is 0.300 e. The maximum atomic E-state index is 12.7. The molecule has 0 N–H and O–H groups in total. The molecule has 0 aromatic heterocycles. The van der Waals surface area contributed by atoms with Crippen LogP contribution in [0.4, 0.5) is 0 Å². The molecule has 0 amide bonds. The number of benzene rings is 1. The molecule has 1 aromatic carbocycles. The van der Waals surface area contributed by atoms with Crippen molar-refractivity contribution >= 4 is 17.3 Å². The molecule has 0 saturated heterocycles. The lowest BCUT2D eigenvalue weighted by molar-refractivity contribution is -0.129. The Balaban J connectivity index is 0.000000223. The number of aryl methyl sites for hydroxylation is 1. The lowest BCUT2D eigenvalue weighted by Gasteiger charge is -2.57. The van der Waals surface area contributed by atoms with E-state index >= 15 is 0 Å². The Morgan fingerprint density at radius 1 is 0.949 bits per heavy atom. The minimum atomic E-state index is -0.0622. The van der Waals surface area contributed by atoms with E-state index in [-0.39, 0.29) is 35.6 Å². The van der Waals surface area contributed by atoms with Gasteiger partial charge in [0, 0.05) is 17.9 Å². The summed E-state index contributed by atoms with van der Waals surface area (Å²) in [6, 6.07) is 6.10. The van der Waals surface area contributed by atoms with Crippen LogP contribution in [0.1, 0.15) is 139 Å². The summed E-state index contributed by atoms with van der Waals surface area (Å²) in [4.78, 5) is 36.6. The highest BCUT2D eigenvalue weighted by Crippen LogP contribution is 2.61. The van der Waals surface area contributed by atoms with Crippen LogP contribution >= 0.6 is 0 Å². The molecule has 3 heteroatoms. The van der Waals surface area contributed by atoms with Crippen molar-refractivity contribution in [2.24, 2.45) is 40.9 Å². The summed E-state index contributed by atoms with van der Waals surface area (Å²) < 4.78 is 0. The van der Waals surface area contributed by atoms with Crippen molar-refractivity contribution in [1.29, 1.82) is 0 Å². The number of hydrogen-bond donors (Lipinski definition) is 0. The fourth-order valence-corrected chi connectivity index (χ4v) is 9.82. The molecule has 4 bridgehead atoms. The molecule has 4 saturated carbocycles. The number of carbonyl (C=O) groups is 3. The van der Waals surface area contributed by atoms with Crippen molar-refractivity contribution in [3.05, 3.63) is 34.9 Å². The summed E-state index contributed by atoms with van der Waals surface area (Å²) in [5, 5.41) is 0. The molecule has 0 heterocycles. The van der Waals surface area contributed by atoms with Gasteiger partial charge >= 0.3 is 0 Å². The van der Waals surface area contributed by atoms with Crippen molar-refractivity contribution in [3.63, 3.8) is 0 Å². The predicted octanol–water partition coefficient (Wildman–Crippen LogP) is 9.12. The van der Waals surface area contributed by atoms with Crippen molar-refractivity contribution in [1.82, 2.24) is 0 Å². The van der Waals surface area contributed by atoms with Crippen molar-refractivity contribution in [3.8, 4) is 0 Å². The fraction of sp³-hybridized carbons (Fsp3) is 0.750. The second-order valence-corrected chi connectivity index (χ2v) is 14.1. The van der Waals surface area contributed by atoms with Crippen LogP contribution in [0, 0.1) is 47.8 Å². The number of Topliss-reactive ketones (excluding diaryl/α,β-unsaturated/α-hetero) is 3. The first-order valence-electron chi connectivity index (χ1n) is 16.3. The van der Waals surface area contributed by atoms with Crippen LogP contribution in [0.15, 0.2) is 18.2 Å². The highest BCUT2D eigenvalue weighted by molar-refractivity contribution is 6.00. The second-order valence-electron chi connectivity index (χ2n) is 14.1. The lowest BCUT2D eigenvalue weighted by Crippen LogP contribution is -2.45. The van der Waals surface area contributed by atoms with Crippen LogP contribution in [0.2, 0.25) is 0 Å². The van der Waals surface area contributed by atoms with Crippen molar-refractivity contribution < 1.29 is 14.4 Å². The van der Waals surface area contributed by atoms with E-state index in [0.29, 0.717) is 12.3 Å². The minimum Gasteiger partial charge on any atom is -0.300 e. The van der Waals surface area contributed by atoms with Gasteiger partial charge in [-0.25, -0.2) is 0 Å². The first kappa shape index (κ1) is 30.2. The molecule has 4 fully saturated rings. The van der Waals surface area contributed by atoms with E-state index in [2.05, 4.69) is 19.9 Å². The van der Waals surface area contributed by atoms with E-state index in [1.165, 1.54) is 19.8 Å². The van der Waals surface area contributed by atoms with E-state index in [0.717, 1.165) is 72.0 Å². The smallest absolute Gasteiger partial charge is 0.163 e. The summed E-state index contributed by atoms with van der Waals surface area (Å²) in [6.07, 6.45) is 17.8. The highest BCUT2D eigenvalue weighted by atomic mass is 16.1. The Labute approximate surface area is 238 Å². The van der Waals surface area contributed by atoms with Crippen LogP contribution in [0.25, 0.3) is 0 Å². The SMILES string of the molecule is CCCC(CC1CC(=O)c2c(C)cccc2C1)C(CC)C(=O)CC(C)=O.CCCC12CC3CC(CC(C3)C1)C2. The lowest BCUT2D eigenvalue weighted by atomic mass is 9.49. The fourth-order valence-electron chi connectivity index (χ4n) is 9.82. The summed E-state index contributed by atoms with van der Waals surface area (Å²) in [6.45, 7) is 10.0. The quantitative estimate of drug-likeness (QED) is 0.266. The van der Waals surface area contributed by atoms with Crippen LogP contribution < -0.4 is 0 Å². The zero-order chi connectivity index (χ0) is 28.2. The minimum absolute atomic E-state index is 0.0460. The molecular formula is C36H54O3. The van der Waals surface area contributed by atoms with E-state index < -0.39 is 0 Å². The number of ketones is 3. The van der Waals surface area contributed by atoms with Gasteiger partial charge in [-0.3, -0.25) is 14.4 Å². The summed E-state index contributed by atoms with van der Waals surface area (Å²) >= 11 is 0. The third-order valence-corrected chi connectivity index (χ3v) is 10.7. The molecular weight excluding hydrogens is 480 g/mol. The molecule has 5 aliphatic carbocycles. The zero-order valence-corrected chi connectivity index (χ0v) is 25.5. The average molecular weight is 535 g/mol. The summed E-state index contributed by atoms with van der Waals surface area (Å²) in [7, 11) is 0. The topological polar surface area (TPSA) is 51.2 Å². The molecule has 0 aliphatic heterocycles. The predicted molar refractivity (Wildman–Crippen MR) is 160 cm³/mol. The molecule has 0 spiro atoms. The molecule has 5 aliphatic rings. The maximum absolute atomic E-state index is 12.7. The number of hydrogen-bond acceptors (Lipinski definition) is 3. The highest BCUT2D eigenvalue weighted by Gasteiger charge is 2.50. The van der Waals surface area contributed by atoms with E-state index in [9.17, 15) is 14.4 Å². The summed E-state index contributed by atoms with van der Waals surface area (Å²) in [5.74, 6) is 4.22. The molecule has 3 atom stereocenters. The van der Waals surface area contributed by atoms with E-state index in [1.54, 1.807) is 38.5 Å². The number of fused-ring (bicyclic) bond motifs is 1. The number of carbonyl (C=O) groups excluding carboxylic acids is 3. The molecule has 3 nitrogen and oxygen atoms in total. The number of rotatable bonds is 11. The van der Waals surface area contributed by atoms with E-state index in [4.69, 9.17) is 0 Å². The van der Waals surface area contributed by atoms with Gasteiger partial charge in [-0.15, -0.1) is 0 Å². The third kappa shape index (κ3) is 7.31. The second kappa shape index (κ2) is 13.3. The van der Waals surface area contributed by atoms with Crippen LogP contribution in [0.3, 0.4) is 0 Å². The Morgan fingerprint density at radius 2 is 1.59 bits per heavy atom. The van der Waals surface area contributed by atoms with Gasteiger partial charge in [0.1, 0.15) is 11.6 Å². The van der Waals surface area contributed by atoms with Crippen LogP contribution in [-0.4, -0.2) is 17.3 Å². The normalized spacial score (nSPS) is 30.2. The Hall–Kier alpha value is -1.77. The molecule has 3 unspecified atom stereocenters.